The zero-order valence-corrected chi connectivity index (χ0v) is 38.1. The van der Waals surface area contributed by atoms with Crippen LogP contribution in [-0.2, 0) is 0 Å². The maximum Gasteiger partial charge on any atom is 1.00 e. The average molecular weight is 938 g/mol. The van der Waals surface area contributed by atoms with Gasteiger partial charge in [0.15, 0.2) is 5.78 Å². The van der Waals surface area contributed by atoms with E-state index in [0.717, 1.165) is 46.3 Å². The minimum absolute atomic E-state index is 0. The molecular weight excluding hydrogens is 892 g/mol. The van der Waals surface area contributed by atoms with Gasteiger partial charge in [0.2, 0.25) is 11.9 Å². The summed E-state index contributed by atoms with van der Waals surface area (Å²) < 4.78 is 78.7. The van der Waals surface area contributed by atoms with Crippen molar-refractivity contribution in [2.24, 2.45) is 11.7 Å². The number of alkyl halides is 6. The summed E-state index contributed by atoms with van der Waals surface area (Å²) in [5, 5.41) is 41.1. The normalized spacial score (nSPS) is 12.8. The Balaban J connectivity index is 0.000000320. The van der Waals surface area contributed by atoms with Gasteiger partial charge in [0.25, 0.3) is 0 Å². The van der Waals surface area contributed by atoms with Crippen molar-refractivity contribution in [1.82, 2.24) is 39.5 Å². The topological polar surface area (TPSA) is 242 Å². The number of carboxylic acids is 1. The van der Waals surface area contributed by atoms with Crippen molar-refractivity contribution in [2.45, 2.75) is 91.3 Å². The average Bonchev–Trinajstić information content (AvgIpc) is 3.98. The van der Waals surface area contributed by atoms with Crippen LogP contribution in [0.5, 0.6) is 0 Å². The van der Waals surface area contributed by atoms with Crippen LogP contribution in [0.4, 0.5) is 49.6 Å². The fourth-order valence-electron chi connectivity index (χ4n) is 5.67. The van der Waals surface area contributed by atoms with Gasteiger partial charge in [0.1, 0.15) is 12.1 Å². The first-order valence-electron chi connectivity index (χ1n) is 20.5. The number of aryl methyl sites for hydroxylation is 2. The molecule has 0 aliphatic carbocycles. The Kier molecular flexibility index (Phi) is 20.0. The van der Waals surface area contributed by atoms with E-state index in [4.69, 9.17) is 16.3 Å². The Hall–Kier alpha value is -7.12. The number of aromatic carboxylic acids is 1. The van der Waals surface area contributed by atoms with Gasteiger partial charge in [-0.05, 0) is 57.2 Å². The summed E-state index contributed by atoms with van der Waals surface area (Å²) in [6.45, 7) is 9.40. The molecule has 0 amide bonds. The van der Waals surface area contributed by atoms with Gasteiger partial charge in [-0.15, -0.1) is 0 Å². The second kappa shape index (κ2) is 24.6. The number of carbonyl (C=O) groups excluding carboxylic acids is 2. The molecular formula is C45H46F6LiN13O3. The summed E-state index contributed by atoms with van der Waals surface area (Å²) in [7, 11) is 0. The maximum atomic E-state index is 12.9. The van der Waals surface area contributed by atoms with Gasteiger partial charge in [-0.25, -0.2) is 19.9 Å². The smallest absolute Gasteiger partial charge is 0.545 e. The summed E-state index contributed by atoms with van der Waals surface area (Å²) in [6, 6.07) is 13.2. The number of hydrogen-bond donors (Lipinski definition) is 3. The monoisotopic (exact) mass is 937 g/mol. The molecule has 0 saturated heterocycles. The summed E-state index contributed by atoms with van der Waals surface area (Å²) in [4.78, 5) is 40.4. The third kappa shape index (κ3) is 15.5. The molecule has 4 heterocycles. The van der Waals surface area contributed by atoms with Gasteiger partial charge < -0.3 is 26.3 Å². The quantitative estimate of drug-likeness (QED) is 0.0668. The van der Waals surface area contributed by atoms with E-state index >= 15 is 0 Å². The largest absolute Gasteiger partial charge is 1.00 e. The van der Waals surface area contributed by atoms with E-state index in [2.05, 4.69) is 46.8 Å². The van der Waals surface area contributed by atoms with Crippen LogP contribution in [0.1, 0.15) is 90.9 Å². The number of nitriles is 2. The Morgan fingerprint density at radius 1 is 0.706 bits per heavy atom. The molecule has 0 unspecified atom stereocenters. The first-order chi connectivity index (χ1) is 31.6. The van der Waals surface area contributed by atoms with Gasteiger partial charge in [-0.2, -0.15) is 47.1 Å². The number of Topliss-reactive ketones (excluding diaryl/α,β-unsaturated/α-hetero) is 1. The minimum Gasteiger partial charge on any atom is -0.545 e. The molecule has 4 atom stereocenters. The third-order valence-electron chi connectivity index (χ3n) is 9.99. The molecule has 6 rings (SSSR count). The molecule has 0 fully saturated rings. The second-order valence-electron chi connectivity index (χ2n) is 15.0. The molecule has 23 heteroatoms. The van der Waals surface area contributed by atoms with Gasteiger partial charge in [0.05, 0.1) is 65.2 Å². The number of carbonyl (C=O) groups is 2. The van der Waals surface area contributed by atoms with Crippen LogP contribution in [0, 0.1) is 42.4 Å². The first kappa shape index (κ1) is 55.2. The van der Waals surface area contributed by atoms with Crippen molar-refractivity contribution in [3.05, 3.63) is 108 Å². The van der Waals surface area contributed by atoms with Crippen LogP contribution in [0.2, 0.25) is 0 Å². The van der Waals surface area contributed by atoms with Crippen molar-refractivity contribution in [3.63, 3.8) is 0 Å². The van der Waals surface area contributed by atoms with Crippen molar-refractivity contribution in [1.29, 1.82) is 10.5 Å². The zero-order chi connectivity index (χ0) is 49.6. The molecule has 352 valence electrons. The van der Waals surface area contributed by atoms with Crippen LogP contribution < -0.4 is 40.3 Å². The van der Waals surface area contributed by atoms with Crippen molar-refractivity contribution in [3.8, 4) is 34.7 Å². The summed E-state index contributed by atoms with van der Waals surface area (Å²) in [5.41, 5.74) is 10.4. The molecule has 0 aliphatic heterocycles. The molecule has 0 radical (unpaired) electrons. The van der Waals surface area contributed by atoms with Gasteiger partial charge in [-0.1, -0.05) is 62.4 Å². The van der Waals surface area contributed by atoms with Crippen molar-refractivity contribution >= 4 is 35.0 Å². The molecule has 16 nitrogen and oxygen atoms in total. The van der Waals surface area contributed by atoms with E-state index in [-0.39, 0.29) is 60.5 Å². The van der Waals surface area contributed by atoms with E-state index in [0.29, 0.717) is 40.3 Å². The third-order valence-corrected chi connectivity index (χ3v) is 9.99. The SMILES string of the molecule is CC[C@@H](C#N)CC(=O)c1ccc(-c2nc(Nc3cnn([C@@H](C)C(F)(F)F)c3)ncc2C)cc1.CC[C@H](N)C#N.Cc1cnc(Nc2cnn([C@@H](C)C(F)(F)F)c2)nc1-c1ccc(C(=O)[O-])cc1.[Li+]. The molecule has 0 spiro atoms. The maximum absolute atomic E-state index is 12.9. The number of nitrogens with two attached hydrogens (primary N) is 1. The number of anilines is 4. The summed E-state index contributed by atoms with van der Waals surface area (Å²) >= 11 is 0. The van der Waals surface area contributed by atoms with Crippen LogP contribution in [-0.4, -0.2) is 69.6 Å². The van der Waals surface area contributed by atoms with E-state index < -0.39 is 30.4 Å². The standard InChI is InChI=1S/C23H23F3N6O.C18H16F3N5O2.C4H8N2.Li/c1-4-16(10-27)9-20(33)17-5-7-18(8-6-17)21-14(2)11-28-22(31-21)30-19-12-29-32(13-19)15(3)23(24,25)26;1-10-7-22-17(24-14-8-23-26(9-14)11(2)18(19,20)21)25-15(10)12-3-5-13(6-4-12)16(27)28;1-2-4(6)3-5;/h5-8,11-13,15-16H,4,9H2,1-3H3,(H,28,30,31);3-9,11H,1-2H3,(H,27,28)(H,22,24,25);4H,2,6H2,1H3;/q;;;+1/p-1/t15-,16+;11-;4-;/m000./s1. The van der Waals surface area contributed by atoms with Crippen LogP contribution in [0.15, 0.2) is 85.7 Å². The van der Waals surface area contributed by atoms with Crippen molar-refractivity contribution in [2.75, 3.05) is 10.6 Å². The van der Waals surface area contributed by atoms with Gasteiger partial charge in [0, 0.05) is 47.9 Å². The molecule has 68 heavy (non-hydrogen) atoms. The Morgan fingerprint density at radius 3 is 1.44 bits per heavy atom. The van der Waals surface area contributed by atoms with Crippen LogP contribution in [0.25, 0.3) is 22.5 Å². The molecule has 0 saturated carbocycles. The Bertz CT molecular complexity index is 2700. The van der Waals surface area contributed by atoms with E-state index in [1.807, 2.05) is 26.8 Å². The second-order valence-corrected chi connectivity index (χ2v) is 15.0. The predicted octanol–water partition coefficient (Wildman–Crippen LogP) is 5.77. The van der Waals surface area contributed by atoms with E-state index in [1.54, 1.807) is 55.7 Å². The predicted molar refractivity (Wildman–Crippen MR) is 234 cm³/mol. The first-order valence-corrected chi connectivity index (χ1v) is 20.5. The number of rotatable bonds is 14. The molecule has 0 bridgehead atoms. The van der Waals surface area contributed by atoms with Crippen LogP contribution >= 0.6 is 0 Å². The number of nitrogens with one attached hydrogen (secondary N) is 2. The van der Waals surface area contributed by atoms with Gasteiger partial charge >= 0.3 is 31.2 Å². The number of ketones is 1. The number of aromatic nitrogens is 8. The number of benzene rings is 2. The van der Waals surface area contributed by atoms with Crippen LogP contribution in [0.3, 0.4) is 0 Å². The summed E-state index contributed by atoms with van der Waals surface area (Å²) in [5.74, 6) is -1.31. The fourth-order valence-corrected chi connectivity index (χ4v) is 5.67. The minimum atomic E-state index is -4.41. The molecule has 4 N–H and O–H groups in total. The zero-order valence-electron chi connectivity index (χ0n) is 38.1. The molecule has 6 aromatic rings. The fraction of sp³-hybridized carbons (Fsp3) is 0.333. The van der Waals surface area contributed by atoms with E-state index in [1.165, 1.54) is 36.9 Å². The van der Waals surface area contributed by atoms with Gasteiger partial charge in [-0.3, -0.25) is 14.2 Å². The Morgan fingerprint density at radius 2 is 1.12 bits per heavy atom. The number of carboxylic acid groups (broad SMARTS) is 1. The Labute approximate surface area is 399 Å². The molecule has 2 aromatic carbocycles. The van der Waals surface area contributed by atoms with Crippen molar-refractivity contribution < 1.29 is 59.9 Å². The molecule has 4 aromatic heterocycles. The molecule has 0 aliphatic rings. The summed E-state index contributed by atoms with van der Waals surface area (Å²) in [6.07, 6.45) is 0.864. The number of nitrogens with zero attached hydrogens (tertiary/aromatic N) is 10. The number of halogens is 6. The van der Waals surface area contributed by atoms with E-state index in [9.17, 15) is 41.0 Å². The number of hydrogen-bond acceptors (Lipinski definition) is 14.